The molecule has 5 nitrogen and oxygen atoms in total. The Balaban J connectivity index is 1.58. The lowest BCUT2D eigenvalue weighted by Gasteiger charge is -2.08. The Morgan fingerprint density at radius 3 is 2.96 bits per heavy atom. The van der Waals surface area contributed by atoms with E-state index in [1.165, 1.54) is 0 Å². The molecule has 23 heavy (non-hydrogen) atoms. The first-order valence-corrected chi connectivity index (χ1v) is 8.28. The summed E-state index contributed by atoms with van der Waals surface area (Å²) in [6.45, 7) is 3.97. The van der Waals surface area contributed by atoms with Gasteiger partial charge in [-0.05, 0) is 42.5 Å². The van der Waals surface area contributed by atoms with E-state index in [2.05, 4.69) is 15.5 Å². The Labute approximate surface area is 138 Å². The summed E-state index contributed by atoms with van der Waals surface area (Å²) in [6, 6.07) is 7.92. The number of benzene rings is 1. The summed E-state index contributed by atoms with van der Waals surface area (Å²) in [5, 5.41) is 10.8. The van der Waals surface area contributed by atoms with Crippen LogP contribution in [0.1, 0.15) is 23.4 Å². The summed E-state index contributed by atoms with van der Waals surface area (Å²) >= 11 is 1.58. The second-order valence-corrected chi connectivity index (χ2v) is 6.17. The van der Waals surface area contributed by atoms with E-state index in [1.807, 2.05) is 48.9 Å². The van der Waals surface area contributed by atoms with Crippen molar-refractivity contribution >= 4 is 22.9 Å². The van der Waals surface area contributed by atoms with Gasteiger partial charge in [-0.1, -0.05) is 17.3 Å². The van der Waals surface area contributed by atoms with E-state index in [0.717, 1.165) is 22.4 Å². The number of aryl methyl sites for hydroxylation is 3. The Morgan fingerprint density at radius 2 is 2.17 bits per heavy atom. The van der Waals surface area contributed by atoms with E-state index in [0.29, 0.717) is 24.6 Å². The van der Waals surface area contributed by atoms with Crippen LogP contribution in [0.15, 0.2) is 39.5 Å². The highest BCUT2D eigenvalue weighted by Crippen LogP contribution is 2.19. The van der Waals surface area contributed by atoms with Gasteiger partial charge in [0.2, 0.25) is 17.6 Å². The molecule has 0 aliphatic heterocycles. The number of rotatable bonds is 5. The third-order valence-electron chi connectivity index (χ3n) is 3.48. The maximum Gasteiger partial charge on any atom is 0.227 e. The predicted octanol–water partition coefficient (Wildman–Crippen LogP) is 3.99. The van der Waals surface area contributed by atoms with Crippen molar-refractivity contribution in [3.05, 3.63) is 52.0 Å². The van der Waals surface area contributed by atoms with Crippen molar-refractivity contribution in [1.29, 1.82) is 0 Å². The van der Waals surface area contributed by atoms with Crippen LogP contribution in [-0.2, 0) is 11.2 Å². The molecule has 0 saturated carbocycles. The SMILES string of the molecule is Cc1ccc(C)c(NC(=O)CCc2nc(-c3ccsc3)no2)c1. The Kier molecular flexibility index (Phi) is 4.52. The van der Waals surface area contributed by atoms with Crippen LogP contribution in [0.4, 0.5) is 5.69 Å². The molecular weight excluding hydrogens is 310 g/mol. The predicted molar refractivity (Wildman–Crippen MR) is 90.5 cm³/mol. The number of anilines is 1. The molecule has 3 aromatic rings. The van der Waals surface area contributed by atoms with Crippen LogP contribution in [0.25, 0.3) is 11.4 Å². The fourth-order valence-electron chi connectivity index (χ4n) is 2.17. The largest absolute Gasteiger partial charge is 0.339 e. The average Bonchev–Trinajstić information content (AvgIpc) is 3.19. The molecule has 0 radical (unpaired) electrons. The minimum absolute atomic E-state index is 0.0611. The summed E-state index contributed by atoms with van der Waals surface area (Å²) in [7, 11) is 0. The van der Waals surface area contributed by atoms with Crippen molar-refractivity contribution in [2.75, 3.05) is 5.32 Å². The molecule has 0 atom stereocenters. The number of nitrogens with zero attached hydrogens (tertiary/aromatic N) is 2. The number of nitrogens with one attached hydrogen (secondary N) is 1. The summed E-state index contributed by atoms with van der Waals surface area (Å²) < 4.78 is 5.20. The molecule has 0 fully saturated rings. The minimum atomic E-state index is -0.0611. The monoisotopic (exact) mass is 327 g/mol. The summed E-state index contributed by atoms with van der Waals surface area (Å²) in [5.41, 5.74) is 3.94. The minimum Gasteiger partial charge on any atom is -0.339 e. The van der Waals surface area contributed by atoms with Crippen molar-refractivity contribution < 1.29 is 9.32 Å². The molecule has 2 aromatic heterocycles. The molecule has 1 amide bonds. The van der Waals surface area contributed by atoms with Crippen molar-refractivity contribution in [3.8, 4) is 11.4 Å². The van der Waals surface area contributed by atoms with Gasteiger partial charge in [-0.25, -0.2) is 0 Å². The van der Waals surface area contributed by atoms with Crippen LogP contribution in [0, 0.1) is 13.8 Å². The standard InChI is InChI=1S/C17H17N3O2S/c1-11-3-4-12(2)14(9-11)18-15(21)5-6-16-19-17(20-22-16)13-7-8-23-10-13/h3-4,7-10H,5-6H2,1-2H3,(H,18,21). The smallest absolute Gasteiger partial charge is 0.227 e. The third kappa shape index (κ3) is 3.84. The zero-order valence-corrected chi connectivity index (χ0v) is 13.8. The summed E-state index contributed by atoms with van der Waals surface area (Å²) in [6.07, 6.45) is 0.729. The normalized spacial score (nSPS) is 10.7. The fourth-order valence-corrected chi connectivity index (χ4v) is 2.80. The molecular formula is C17H17N3O2S. The summed E-state index contributed by atoms with van der Waals surface area (Å²) in [5.74, 6) is 0.979. The fraction of sp³-hybridized carbons (Fsp3) is 0.235. The van der Waals surface area contributed by atoms with Crippen LogP contribution in [0.2, 0.25) is 0 Å². The molecule has 3 rings (SSSR count). The van der Waals surface area contributed by atoms with Crippen LogP contribution >= 0.6 is 11.3 Å². The second kappa shape index (κ2) is 6.75. The number of amides is 1. The number of carbonyl (C=O) groups excluding carboxylic acids is 1. The second-order valence-electron chi connectivity index (χ2n) is 5.39. The van der Waals surface area contributed by atoms with E-state index >= 15 is 0 Å². The van der Waals surface area contributed by atoms with Crippen molar-refractivity contribution in [2.24, 2.45) is 0 Å². The van der Waals surface area contributed by atoms with Crippen LogP contribution in [0.3, 0.4) is 0 Å². The van der Waals surface area contributed by atoms with Crippen LogP contribution in [-0.4, -0.2) is 16.0 Å². The molecule has 118 valence electrons. The zero-order chi connectivity index (χ0) is 16.2. The maximum absolute atomic E-state index is 12.1. The Bertz CT molecular complexity index is 809. The molecule has 0 spiro atoms. The zero-order valence-electron chi connectivity index (χ0n) is 13.0. The first-order chi connectivity index (χ1) is 11.1. The van der Waals surface area contributed by atoms with Gasteiger partial charge in [0.25, 0.3) is 0 Å². The lowest BCUT2D eigenvalue weighted by atomic mass is 10.1. The maximum atomic E-state index is 12.1. The van der Waals surface area contributed by atoms with Crippen molar-refractivity contribution in [1.82, 2.24) is 10.1 Å². The van der Waals surface area contributed by atoms with Gasteiger partial charge in [0.05, 0.1) is 0 Å². The average molecular weight is 327 g/mol. The summed E-state index contributed by atoms with van der Waals surface area (Å²) in [4.78, 5) is 16.4. The topological polar surface area (TPSA) is 68.0 Å². The van der Waals surface area contributed by atoms with E-state index in [1.54, 1.807) is 11.3 Å². The van der Waals surface area contributed by atoms with Crippen LogP contribution in [0.5, 0.6) is 0 Å². The van der Waals surface area contributed by atoms with Gasteiger partial charge in [-0.3, -0.25) is 4.79 Å². The number of carbonyl (C=O) groups is 1. The molecule has 0 saturated heterocycles. The van der Waals surface area contributed by atoms with Gasteiger partial charge in [0, 0.05) is 29.5 Å². The molecule has 6 heteroatoms. The quantitative estimate of drug-likeness (QED) is 0.769. The lowest BCUT2D eigenvalue weighted by Crippen LogP contribution is -2.13. The van der Waals surface area contributed by atoms with E-state index < -0.39 is 0 Å². The molecule has 1 N–H and O–H groups in total. The molecule has 2 heterocycles. The van der Waals surface area contributed by atoms with Gasteiger partial charge in [-0.2, -0.15) is 16.3 Å². The first-order valence-electron chi connectivity index (χ1n) is 7.34. The van der Waals surface area contributed by atoms with Crippen LogP contribution < -0.4 is 5.32 Å². The number of aromatic nitrogens is 2. The lowest BCUT2D eigenvalue weighted by molar-refractivity contribution is -0.116. The number of hydrogen-bond acceptors (Lipinski definition) is 5. The molecule has 0 unspecified atom stereocenters. The molecule has 0 aliphatic carbocycles. The third-order valence-corrected chi connectivity index (χ3v) is 4.16. The van der Waals surface area contributed by atoms with E-state index in [4.69, 9.17) is 4.52 Å². The highest BCUT2D eigenvalue weighted by Gasteiger charge is 2.11. The first kappa shape index (κ1) is 15.4. The van der Waals surface area contributed by atoms with Crippen molar-refractivity contribution in [3.63, 3.8) is 0 Å². The van der Waals surface area contributed by atoms with Crippen molar-refractivity contribution in [2.45, 2.75) is 26.7 Å². The number of hydrogen-bond donors (Lipinski definition) is 1. The van der Waals surface area contributed by atoms with E-state index in [9.17, 15) is 4.79 Å². The van der Waals surface area contributed by atoms with Gasteiger partial charge in [0.15, 0.2) is 0 Å². The Hall–Kier alpha value is -2.47. The van der Waals surface area contributed by atoms with Gasteiger partial charge < -0.3 is 9.84 Å². The Morgan fingerprint density at radius 1 is 1.30 bits per heavy atom. The molecule has 1 aromatic carbocycles. The highest BCUT2D eigenvalue weighted by atomic mass is 32.1. The van der Waals surface area contributed by atoms with Gasteiger partial charge >= 0.3 is 0 Å². The molecule has 0 aliphatic rings. The highest BCUT2D eigenvalue weighted by molar-refractivity contribution is 7.08. The van der Waals surface area contributed by atoms with Gasteiger partial charge in [-0.15, -0.1) is 0 Å². The molecule has 0 bridgehead atoms. The van der Waals surface area contributed by atoms with Gasteiger partial charge in [0.1, 0.15) is 0 Å². The number of thiophene rings is 1. The van der Waals surface area contributed by atoms with E-state index in [-0.39, 0.29) is 5.91 Å².